The van der Waals surface area contributed by atoms with E-state index in [2.05, 4.69) is 16.8 Å². The highest BCUT2D eigenvalue weighted by Crippen LogP contribution is 2.43. The second-order valence-corrected chi connectivity index (χ2v) is 8.09. The number of aliphatic hydroxyl groups is 1. The second-order valence-electron chi connectivity index (χ2n) is 8.09. The third-order valence-corrected chi connectivity index (χ3v) is 5.72. The van der Waals surface area contributed by atoms with Gasteiger partial charge in [0.05, 0.1) is 18.7 Å². The van der Waals surface area contributed by atoms with Crippen molar-refractivity contribution in [3.63, 3.8) is 0 Å². The van der Waals surface area contributed by atoms with Gasteiger partial charge in [-0.1, -0.05) is 43.9 Å². The molecule has 0 unspecified atom stereocenters. The summed E-state index contributed by atoms with van der Waals surface area (Å²) in [5.41, 5.74) is 2.32. The molecule has 30 heavy (non-hydrogen) atoms. The van der Waals surface area contributed by atoms with Gasteiger partial charge in [0.15, 0.2) is 0 Å². The van der Waals surface area contributed by atoms with Crippen LogP contribution in [0.25, 0.3) is 0 Å². The standard InChI is InChI=1S/C24H25N3O3/c1-16(2)6-7-17-8-10-18(11-9-17)23-20-13-26(14-22(29)27(20)21(23)15-28)24(30)19-5-3-4-12-25-19/h3-5,8-12,16,20-21,23,28H,13-15H2,1-2H3/t20-,21+,23+/m1/s1. The van der Waals surface area contributed by atoms with Crippen LogP contribution in [0.1, 0.15) is 41.4 Å². The van der Waals surface area contributed by atoms with Crippen molar-refractivity contribution in [3.05, 3.63) is 65.5 Å². The van der Waals surface area contributed by atoms with E-state index in [1.54, 1.807) is 34.2 Å². The van der Waals surface area contributed by atoms with Gasteiger partial charge >= 0.3 is 0 Å². The number of aliphatic hydroxyl groups excluding tert-OH is 1. The van der Waals surface area contributed by atoms with Crippen molar-refractivity contribution in [1.29, 1.82) is 0 Å². The molecule has 0 bridgehead atoms. The highest BCUT2D eigenvalue weighted by atomic mass is 16.3. The topological polar surface area (TPSA) is 73.7 Å². The Bertz CT molecular complexity index is 992. The highest BCUT2D eigenvalue weighted by molar-refractivity contribution is 5.96. The number of pyridine rings is 1. The quantitative estimate of drug-likeness (QED) is 0.795. The molecule has 1 aromatic heterocycles. The molecule has 154 valence electrons. The smallest absolute Gasteiger partial charge is 0.272 e. The van der Waals surface area contributed by atoms with Crippen molar-refractivity contribution in [1.82, 2.24) is 14.8 Å². The number of fused-ring (bicyclic) bond motifs is 1. The second kappa shape index (κ2) is 8.29. The van der Waals surface area contributed by atoms with Crippen LogP contribution in [0.5, 0.6) is 0 Å². The lowest BCUT2D eigenvalue weighted by Gasteiger charge is -2.58. The number of rotatable bonds is 3. The number of nitrogens with zero attached hydrogens (tertiary/aromatic N) is 3. The average molecular weight is 403 g/mol. The summed E-state index contributed by atoms with van der Waals surface area (Å²) in [6.45, 7) is 4.44. The first-order valence-electron chi connectivity index (χ1n) is 10.2. The Kier molecular flexibility index (Phi) is 5.56. The molecule has 2 fully saturated rings. The van der Waals surface area contributed by atoms with Gasteiger partial charge in [0.1, 0.15) is 12.2 Å². The van der Waals surface area contributed by atoms with Gasteiger partial charge in [-0.3, -0.25) is 14.6 Å². The molecule has 6 heteroatoms. The van der Waals surface area contributed by atoms with Crippen molar-refractivity contribution in [3.8, 4) is 11.8 Å². The minimum Gasteiger partial charge on any atom is -0.394 e. The monoisotopic (exact) mass is 403 g/mol. The average Bonchev–Trinajstić information content (AvgIpc) is 2.74. The molecule has 3 atom stereocenters. The van der Waals surface area contributed by atoms with E-state index < -0.39 is 0 Å². The molecule has 2 aliphatic heterocycles. The van der Waals surface area contributed by atoms with E-state index in [1.807, 2.05) is 38.1 Å². The molecule has 1 aromatic carbocycles. The van der Waals surface area contributed by atoms with Crippen LogP contribution in [0.3, 0.4) is 0 Å². The number of hydrogen-bond donors (Lipinski definition) is 1. The molecule has 1 N–H and O–H groups in total. The fourth-order valence-electron chi connectivity index (χ4n) is 4.32. The van der Waals surface area contributed by atoms with E-state index in [9.17, 15) is 14.7 Å². The van der Waals surface area contributed by atoms with E-state index in [-0.39, 0.29) is 43.0 Å². The minimum absolute atomic E-state index is 0.0128. The largest absolute Gasteiger partial charge is 0.394 e. The van der Waals surface area contributed by atoms with Crippen molar-refractivity contribution in [2.45, 2.75) is 31.8 Å². The Morgan fingerprint density at radius 2 is 2.00 bits per heavy atom. The maximum absolute atomic E-state index is 12.8. The SMILES string of the molecule is CC(C)C#Cc1ccc([C@H]2[C@H]3CN(C(=O)c4ccccn4)CC(=O)N3[C@H]2CO)cc1. The highest BCUT2D eigenvalue weighted by Gasteiger charge is 2.54. The van der Waals surface area contributed by atoms with Crippen LogP contribution >= 0.6 is 0 Å². The van der Waals surface area contributed by atoms with Crippen LogP contribution in [-0.4, -0.2) is 63.5 Å². The van der Waals surface area contributed by atoms with Gasteiger partial charge in [0.25, 0.3) is 5.91 Å². The van der Waals surface area contributed by atoms with E-state index in [1.165, 1.54) is 0 Å². The summed E-state index contributed by atoms with van der Waals surface area (Å²) in [7, 11) is 0. The molecule has 2 aliphatic rings. The summed E-state index contributed by atoms with van der Waals surface area (Å²) >= 11 is 0. The lowest BCUT2D eigenvalue weighted by Crippen LogP contribution is -2.73. The summed E-state index contributed by atoms with van der Waals surface area (Å²) in [4.78, 5) is 33.0. The Morgan fingerprint density at radius 1 is 1.23 bits per heavy atom. The minimum atomic E-state index is -0.262. The van der Waals surface area contributed by atoms with Gasteiger partial charge in [0.2, 0.25) is 5.91 Å². The molecule has 2 amide bonds. The summed E-state index contributed by atoms with van der Waals surface area (Å²) in [6, 6.07) is 12.7. The predicted molar refractivity (Wildman–Crippen MR) is 113 cm³/mol. The van der Waals surface area contributed by atoms with Crippen LogP contribution in [0.2, 0.25) is 0 Å². The summed E-state index contributed by atoms with van der Waals surface area (Å²) in [6.07, 6.45) is 1.57. The number of amides is 2. The third-order valence-electron chi connectivity index (χ3n) is 5.72. The lowest BCUT2D eigenvalue weighted by molar-refractivity contribution is -0.159. The molecule has 4 rings (SSSR count). The molecule has 0 aliphatic carbocycles. The van der Waals surface area contributed by atoms with Crippen LogP contribution in [0.4, 0.5) is 0 Å². The molecular weight excluding hydrogens is 378 g/mol. The van der Waals surface area contributed by atoms with Crippen LogP contribution in [0.15, 0.2) is 48.7 Å². The number of hydrogen-bond acceptors (Lipinski definition) is 4. The summed E-state index contributed by atoms with van der Waals surface area (Å²) in [5, 5.41) is 9.92. The van der Waals surface area contributed by atoms with E-state index in [4.69, 9.17) is 0 Å². The maximum atomic E-state index is 12.8. The number of carbonyl (C=O) groups excluding carboxylic acids is 2. The van der Waals surface area contributed by atoms with Crippen molar-refractivity contribution in [2.24, 2.45) is 5.92 Å². The van der Waals surface area contributed by atoms with Gasteiger partial charge in [0, 0.05) is 30.1 Å². The van der Waals surface area contributed by atoms with Gasteiger partial charge in [-0.25, -0.2) is 0 Å². The van der Waals surface area contributed by atoms with Crippen LogP contribution in [-0.2, 0) is 4.79 Å². The van der Waals surface area contributed by atoms with Crippen LogP contribution in [0, 0.1) is 17.8 Å². The van der Waals surface area contributed by atoms with Crippen LogP contribution < -0.4 is 0 Å². The zero-order chi connectivity index (χ0) is 21.3. The molecular formula is C24H25N3O3. The first-order chi connectivity index (χ1) is 14.5. The first-order valence-corrected chi connectivity index (χ1v) is 10.2. The molecule has 0 spiro atoms. The molecule has 3 heterocycles. The van der Waals surface area contributed by atoms with Crippen molar-refractivity contribution in [2.75, 3.05) is 19.7 Å². The summed E-state index contributed by atoms with van der Waals surface area (Å²) < 4.78 is 0. The lowest BCUT2D eigenvalue weighted by atomic mass is 9.73. The van der Waals surface area contributed by atoms with Gasteiger partial charge in [-0.05, 0) is 29.8 Å². The van der Waals surface area contributed by atoms with Gasteiger partial charge < -0.3 is 14.9 Å². The Labute approximate surface area is 176 Å². The fraction of sp³-hybridized carbons (Fsp3) is 0.375. The number of carbonyl (C=O) groups is 2. The number of piperazine rings is 1. The van der Waals surface area contributed by atoms with Crippen molar-refractivity contribution >= 4 is 11.8 Å². The Hall–Kier alpha value is -3.17. The molecule has 2 saturated heterocycles. The first kappa shape index (κ1) is 20.1. The van der Waals surface area contributed by atoms with Crippen molar-refractivity contribution < 1.29 is 14.7 Å². The number of benzene rings is 1. The normalized spacial score (nSPS) is 22.8. The molecule has 2 aromatic rings. The van der Waals surface area contributed by atoms with E-state index in [0.717, 1.165) is 11.1 Å². The zero-order valence-corrected chi connectivity index (χ0v) is 17.2. The maximum Gasteiger partial charge on any atom is 0.272 e. The predicted octanol–water partition coefficient (Wildman–Crippen LogP) is 1.90. The number of aromatic nitrogens is 1. The molecule has 0 radical (unpaired) electrons. The van der Waals surface area contributed by atoms with E-state index in [0.29, 0.717) is 18.2 Å². The Balaban J connectivity index is 1.55. The molecule has 6 nitrogen and oxygen atoms in total. The zero-order valence-electron chi connectivity index (χ0n) is 17.2. The Morgan fingerprint density at radius 3 is 2.63 bits per heavy atom. The molecule has 0 saturated carbocycles. The van der Waals surface area contributed by atoms with E-state index >= 15 is 0 Å². The van der Waals surface area contributed by atoms with Gasteiger partial charge in [-0.2, -0.15) is 0 Å². The third kappa shape index (κ3) is 3.69. The van der Waals surface area contributed by atoms with Gasteiger partial charge in [-0.15, -0.1) is 0 Å². The fourth-order valence-corrected chi connectivity index (χ4v) is 4.32. The summed E-state index contributed by atoms with van der Waals surface area (Å²) in [5.74, 6) is 6.21.